The van der Waals surface area contributed by atoms with E-state index in [0.717, 1.165) is 12.8 Å². The molecule has 7 nitrogen and oxygen atoms in total. The second-order valence-corrected chi connectivity index (χ2v) is 4.56. The Morgan fingerprint density at radius 1 is 1.20 bits per heavy atom. The number of rotatable bonds is 5. The molecular formula is C13H16N4O3. The second kappa shape index (κ2) is 6.05. The van der Waals surface area contributed by atoms with Crippen molar-refractivity contribution in [3.8, 4) is 0 Å². The maximum absolute atomic E-state index is 11.6. The Morgan fingerprint density at radius 2 is 1.90 bits per heavy atom. The van der Waals surface area contributed by atoms with Gasteiger partial charge in [-0.1, -0.05) is 12.1 Å². The molecule has 0 atom stereocenters. The summed E-state index contributed by atoms with van der Waals surface area (Å²) in [4.78, 5) is 34.1. The van der Waals surface area contributed by atoms with E-state index >= 15 is 0 Å². The van der Waals surface area contributed by atoms with Gasteiger partial charge >= 0.3 is 6.03 Å². The van der Waals surface area contributed by atoms with Crippen LogP contribution in [0.2, 0.25) is 0 Å². The molecule has 0 spiro atoms. The molecule has 7 heteroatoms. The third-order valence-corrected chi connectivity index (χ3v) is 2.80. The number of urea groups is 1. The van der Waals surface area contributed by atoms with Crippen LogP contribution in [0.25, 0.3) is 0 Å². The Kier molecular flexibility index (Phi) is 4.19. The number of carbonyl (C=O) groups is 3. The molecule has 2 rings (SSSR count). The summed E-state index contributed by atoms with van der Waals surface area (Å²) in [5.74, 6) is -1.07. The zero-order valence-corrected chi connectivity index (χ0v) is 10.8. The van der Waals surface area contributed by atoms with Gasteiger partial charge in [-0.3, -0.25) is 14.9 Å². The van der Waals surface area contributed by atoms with Crippen LogP contribution in [0, 0.1) is 0 Å². The molecule has 106 valence electrons. The number of primary amides is 1. The molecule has 0 unspecified atom stereocenters. The van der Waals surface area contributed by atoms with Crippen LogP contribution in [0.5, 0.6) is 0 Å². The summed E-state index contributed by atoms with van der Waals surface area (Å²) in [5, 5.41) is 7.62. The predicted octanol–water partition coefficient (Wildman–Crippen LogP) is 0.186. The monoisotopic (exact) mass is 276 g/mol. The summed E-state index contributed by atoms with van der Waals surface area (Å²) < 4.78 is 0. The lowest BCUT2D eigenvalue weighted by Crippen LogP contribution is -2.42. The van der Waals surface area contributed by atoms with Crippen LogP contribution in [-0.2, 0) is 4.79 Å². The lowest BCUT2D eigenvalue weighted by molar-refractivity contribution is -0.118. The number of imide groups is 1. The van der Waals surface area contributed by atoms with Gasteiger partial charge in [-0.25, -0.2) is 4.79 Å². The van der Waals surface area contributed by atoms with Gasteiger partial charge in [0.2, 0.25) is 5.91 Å². The number of amides is 4. The van der Waals surface area contributed by atoms with Gasteiger partial charge in [0.25, 0.3) is 5.91 Å². The Balaban J connectivity index is 1.83. The quantitative estimate of drug-likeness (QED) is 0.614. The van der Waals surface area contributed by atoms with Crippen molar-refractivity contribution in [3.63, 3.8) is 0 Å². The minimum absolute atomic E-state index is 0.123. The molecule has 1 aliphatic rings. The van der Waals surface area contributed by atoms with Crippen molar-refractivity contribution < 1.29 is 14.4 Å². The molecule has 0 aliphatic heterocycles. The van der Waals surface area contributed by atoms with E-state index in [1.165, 1.54) is 0 Å². The number of nitrogens with one attached hydrogen (secondary N) is 3. The molecule has 0 saturated heterocycles. The molecule has 1 fully saturated rings. The number of nitrogens with two attached hydrogens (primary N) is 1. The smallest absolute Gasteiger partial charge is 0.321 e. The third kappa shape index (κ3) is 3.98. The molecular weight excluding hydrogens is 260 g/mol. The number of hydrogen-bond donors (Lipinski definition) is 4. The van der Waals surface area contributed by atoms with Crippen molar-refractivity contribution in [2.24, 2.45) is 5.73 Å². The number of hydrogen-bond acceptors (Lipinski definition) is 4. The molecule has 5 N–H and O–H groups in total. The Bertz CT molecular complexity index is 540. The first-order valence-corrected chi connectivity index (χ1v) is 6.29. The first kappa shape index (κ1) is 13.9. The van der Waals surface area contributed by atoms with Crippen molar-refractivity contribution in [2.75, 3.05) is 11.9 Å². The van der Waals surface area contributed by atoms with Crippen LogP contribution >= 0.6 is 0 Å². The molecule has 0 aromatic heterocycles. The first-order valence-electron chi connectivity index (χ1n) is 6.29. The van der Waals surface area contributed by atoms with Crippen LogP contribution < -0.4 is 21.7 Å². The van der Waals surface area contributed by atoms with Crippen LogP contribution in [0.15, 0.2) is 24.3 Å². The molecule has 20 heavy (non-hydrogen) atoms. The number of para-hydroxylation sites is 1. The minimum Gasteiger partial charge on any atom is -0.375 e. The first-order chi connectivity index (χ1) is 9.56. The largest absolute Gasteiger partial charge is 0.375 e. The van der Waals surface area contributed by atoms with Crippen molar-refractivity contribution in [3.05, 3.63) is 29.8 Å². The van der Waals surface area contributed by atoms with Crippen molar-refractivity contribution in [1.82, 2.24) is 10.6 Å². The van der Waals surface area contributed by atoms with Crippen molar-refractivity contribution >= 4 is 23.5 Å². The maximum atomic E-state index is 11.6. The van der Waals surface area contributed by atoms with Gasteiger partial charge in [0.15, 0.2) is 0 Å². The van der Waals surface area contributed by atoms with Gasteiger partial charge in [0.05, 0.1) is 12.1 Å². The average molecular weight is 276 g/mol. The fourth-order valence-electron chi connectivity index (χ4n) is 1.65. The van der Waals surface area contributed by atoms with E-state index in [-0.39, 0.29) is 12.6 Å². The fourth-order valence-corrected chi connectivity index (χ4v) is 1.65. The van der Waals surface area contributed by atoms with E-state index in [4.69, 9.17) is 5.73 Å². The lowest BCUT2D eigenvalue weighted by Gasteiger charge is -2.10. The summed E-state index contributed by atoms with van der Waals surface area (Å²) in [5.41, 5.74) is 5.97. The Morgan fingerprint density at radius 3 is 2.55 bits per heavy atom. The zero-order chi connectivity index (χ0) is 14.5. The summed E-state index contributed by atoms with van der Waals surface area (Å²) >= 11 is 0. The molecule has 1 aromatic carbocycles. The summed E-state index contributed by atoms with van der Waals surface area (Å²) in [7, 11) is 0. The Labute approximate surface area is 115 Å². The normalized spacial score (nSPS) is 13.4. The van der Waals surface area contributed by atoms with Gasteiger partial charge in [-0.15, -0.1) is 0 Å². The van der Waals surface area contributed by atoms with E-state index in [1.54, 1.807) is 24.3 Å². The van der Waals surface area contributed by atoms with E-state index in [0.29, 0.717) is 11.3 Å². The standard InChI is InChI=1S/C13H16N4O3/c14-12(19)9-3-1-2-4-10(9)15-7-11(18)17-13(20)16-8-5-6-8/h1-4,8,15H,5-7H2,(H2,14,19)(H2,16,17,18,20). The lowest BCUT2D eigenvalue weighted by atomic mass is 10.1. The molecule has 0 radical (unpaired) electrons. The summed E-state index contributed by atoms with van der Waals surface area (Å²) in [6.07, 6.45) is 1.90. The number of carbonyl (C=O) groups excluding carboxylic acids is 3. The van der Waals surface area contributed by atoms with Crippen molar-refractivity contribution in [1.29, 1.82) is 0 Å². The van der Waals surface area contributed by atoms with Gasteiger partial charge in [0, 0.05) is 11.7 Å². The van der Waals surface area contributed by atoms with E-state index < -0.39 is 17.8 Å². The van der Waals surface area contributed by atoms with Gasteiger partial charge in [-0.05, 0) is 25.0 Å². The van der Waals surface area contributed by atoms with Gasteiger partial charge in [-0.2, -0.15) is 0 Å². The Hall–Kier alpha value is -2.57. The summed E-state index contributed by atoms with van der Waals surface area (Å²) in [6.45, 7) is -0.123. The molecule has 1 aliphatic carbocycles. The van der Waals surface area contributed by atoms with Gasteiger partial charge in [0.1, 0.15) is 0 Å². The van der Waals surface area contributed by atoms with Crippen LogP contribution in [0.4, 0.5) is 10.5 Å². The third-order valence-electron chi connectivity index (χ3n) is 2.80. The molecule has 4 amide bonds. The van der Waals surface area contributed by atoms with Crippen LogP contribution in [0.1, 0.15) is 23.2 Å². The SMILES string of the molecule is NC(=O)c1ccccc1NCC(=O)NC(=O)NC1CC1. The summed E-state index contributed by atoms with van der Waals surface area (Å²) in [6, 6.07) is 6.27. The van der Waals surface area contributed by atoms with E-state index in [1.807, 2.05) is 0 Å². The van der Waals surface area contributed by atoms with E-state index in [2.05, 4.69) is 16.0 Å². The highest BCUT2D eigenvalue weighted by Gasteiger charge is 2.23. The average Bonchev–Trinajstić information content (AvgIpc) is 3.20. The van der Waals surface area contributed by atoms with Crippen LogP contribution in [-0.4, -0.2) is 30.4 Å². The molecule has 0 heterocycles. The van der Waals surface area contributed by atoms with Gasteiger partial charge < -0.3 is 16.4 Å². The number of benzene rings is 1. The molecule has 1 saturated carbocycles. The highest BCUT2D eigenvalue weighted by atomic mass is 16.2. The second-order valence-electron chi connectivity index (χ2n) is 4.56. The van der Waals surface area contributed by atoms with Crippen LogP contribution in [0.3, 0.4) is 0 Å². The van der Waals surface area contributed by atoms with E-state index in [9.17, 15) is 14.4 Å². The van der Waals surface area contributed by atoms with Crippen molar-refractivity contribution in [2.45, 2.75) is 18.9 Å². The molecule has 1 aromatic rings. The fraction of sp³-hybridized carbons (Fsp3) is 0.308. The predicted molar refractivity (Wildman–Crippen MR) is 73.1 cm³/mol. The topological polar surface area (TPSA) is 113 Å². The minimum atomic E-state index is -0.583. The highest BCUT2D eigenvalue weighted by Crippen LogP contribution is 2.18. The molecule has 0 bridgehead atoms. The zero-order valence-electron chi connectivity index (χ0n) is 10.8. The number of anilines is 1. The maximum Gasteiger partial charge on any atom is 0.321 e. The highest BCUT2D eigenvalue weighted by molar-refractivity contribution is 6.00.